The number of benzene rings is 2. The molecule has 2 aromatic carbocycles. The van der Waals surface area contributed by atoms with E-state index in [1.807, 2.05) is 48.7 Å². The van der Waals surface area contributed by atoms with Crippen LogP contribution in [0.4, 0.5) is 0 Å². The van der Waals surface area contributed by atoms with Crippen LogP contribution in [0.3, 0.4) is 0 Å². The largest absolute Gasteiger partial charge is 0.391 e. The summed E-state index contributed by atoms with van der Waals surface area (Å²) in [6.07, 6.45) is 6.75. The molecule has 45 heavy (non-hydrogen) atoms. The van der Waals surface area contributed by atoms with E-state index in [1.165, 1.54) is 0 Å². The summed E-state index contributed by atoms with van der Waals surface area (Å²) in [7, 11) is 1.70. The maximum atomic E-state index is 14.4. The summed E-state index contributed by atoms with van der Waals surface area (Å²) in [4.78, 5) is 48.9. The zero-order valence-corrected chi connectivity index (χ0v) is 26.4. The van der Waals surface area contributed by atoms with Crippen molar-refractivity contribution in [1.29, 1.82) is 0 Å². The van der Waals surface area contributed by atoms with Gasteiger partial charge in [0.1, 0.15) is 12.1 Å². The fourth-order valence-electron chi connectivity index (χ4n) is 9.39. The Kier molecular flexibility index (Phi) is 7.69. The maximum absolute atomic E-state index is 14.4. The summed E-state index contributed by atoms with van der Waals surface area (Å²) in [5.74, 6) is 0.129. The molecule has 8 rings (SSSR count). The van der Waals surface area contributed by atoms with Gasteiger partial charge < -0.3 is 30.9 Å². The Morgan fingerprint density at radius 1 is 1.07 bits per heavy atom. The first-order chi connectivity index (χ1) is 21.5. The molecule has 2 heterocycles. The van der Waals surface area contributed by atoms with Crippen LogP contribution < -0.4 is 11.1 Å². The van der Waals surface area contributed by atoms with E-state index in [0.29, 0.717) is 23.3 Å². The molecule has 238 valence electrons. The maximum Gasteiger partial charge on any atom is 0.245 e. The summed E-state index contributed by atoms with van der Waals surface area (Å²) in [5.41, 5.74) is 8.56. The number of likely N-dealkylation sites (tertiary alicyclic amines) is 1. The lowest BCUT2D eigenvalue weighted by atomic mass is 9.46. The number of aromatic nitrogens is 1. The van der Waals surface area contributed by atoms with E-state index in [-0.39, 0.29) is 43.3 Å². The van der Waals surface area contributed by atoms with Gasteiger partial charge in [0, 0.05) is 60.6 Å². The minimum Gasteiger partial charge on any atom is -0.391 e. The summed E-state index contributed by atoms with van der Waals surface area (Å²) in [6, 6.07) is 13.5. The van der Waals surface area contributed by atoms with Gasteiger partial charge in [0.05, 0.1) is 11.5 Å². The van der Waals surface area contributed by atoms with Crippen molar-refractivity contribution in [2.45, 2.75) is 81.6 Å². The number of likely N-dealkylation sites (N-methyl/N-ethyl adjacent to an activating group) is 1. The number of hydrogen-bond donors (Lipinski definition) is 4. The third-order valence-corrected chi connectivity index (χ3v) is 11.2. The number of β-amino-alcohol motifs (C(OH)–C–C–N with tert-alkyl or cyclic N) is 1. The molecule has 9 nitrogen and oxygen atoms in total. The normalized spacial score (nSPS) is 30.9. The highest BCUT2D eigenvalue weighted by Gasteiger charge is 2.61. The lowest BCUT2D eigenvalue weighted by Crippen LogP contribution is -2.65. The average Bonchev–Trinajstić information content (AvgIpc) is 3.59. The minimum absolute atomic E-state index is 0.0570. The van der Waals surface area contributed by atoms with Gasteiger partial charge in [-0.25, -0.2) is 0 Å². The molecular formula is C35H42ClN5O4. The van der Waals surface area contributed by atoms with E-state index in [9.17, 15) is 19.5 Å². The number of carbonyl (C=O) groups is 3. The Balaban J connectivity index is 1.14. The monoisotopic (exact) mass is 631 g/mol. The Morgan fingerprint density at radius 2 is 1.78 bits per heavy atom. The van der Waals surface area contributed by atoms with Crippen LogP contribution in [0.2, 0.25) is 5.02 Å². The molecule has 5 fully saturated rings. The van der Waals surface area contributed by atoms with Crippen LogP contribution in [0, 0.1) is 17.3 Å². The molecule has 5 N–H and O–H groups in total. The second kappa shape index (κ2) is 11.4. The molecule has 3 amide bonds. The van der Waals surface area contributed by atoms with Crippen LogP contribution in [0.15, 0.2) is 54.7 Å². The van der Waals surface area contributed by atoms with Gasteiger partial charge in [0.25, 0.3) is 0 Å². The van der Waals surface area contributed by atoms with E-state index in [0.717, 1.165) is 54.1 Å². The number of para-hydroxylation sites is 1. The van der Waals surface area contributed by atoms with E-state index in [1.54, 1.807) is 22.9 Å². The number of aliphatic hydroxyl groups excluding tert-OH is 1. The van der Waals surface area contributed by atoms with Crippen molar-refractivity contribution in [2.24, 2.45) is 23.0 Å². The van der Waals surface area contributed by atoms with Crippen LogP contribution >= 0.6 is 11.6 Å². The molecule has 5 atom stereocenters. The first kappa shape index (κ1) is 30.3. The number of nitrogens with one attached hydrogen (secondary N) is 2. The number of carbonyl (C=O) groups excluding carboxylic acids is 3. The first-order valence-electron chi connectivity index (χ1n) is 16.1. The van der Waals surface area contributed by atoms with Gasteiger partial charge in [-0.3, -0.25) is 14.4 Å². The third-order valence-electron chi connectivity index (χ3n) is 10.9. The molecule has 4 unspecified atom stereocenters. The Bertz CT molecular complexity index is 1620. The topological polar surface area (TPSA) is 132 Å². The number of aromatic amines is 1. The molecule has 0 spiro atoms. The number of nitrogens with two attached hydrogens (primary N) is 1. The molecule has 4 saturated carbocycles. The second-order valence-corrected chi connectivity index (χ2v) is 14.8. The lowest BCUT2D eigenvalue weighted by Gasteiger charge is -2.60. The van der Waals surface area contributed by atoms with E-state index >= 15 is 0 Å². The van der Waals surface area contributed by atoms with E-state index < -0.39 is 29.5 Å². The van der Waals surface area contributed by atoms with Gasteiger partial charge in [0.15, 0.2) is 0 Å². The van der Waals surface area contributed by atoms with E-state index in [2.05, 4.69) is 10.3 Å². The van der Waals surface area contributed by atoms with Crippen molar-refractivity contribution in [3.63, 3.8) is 0 Å². The lowest BCUT2D eigenvalue weighted by molar-refractivity contribution is -0.162. The van der Waals surface area contributed by atoms with E-state index in [4.69, 9.17) is 17.3 Å². The van der Waals surface area contributed by atoms with Gasteiger partial charge >= 0.3 is 0 Å². The van der Waals surface area contributed by atoms with Crippen LogP contribution in [0.25, 0.3) is 10.9 Å². The fraction of sp³-hybridized carbons (Fsp3) is 0.514. The smallest absolute Gasteiger partial charge is 0.245 e. The fourth-order valence-corrected chi connectivity index (χ4v) is 9.59. The Labute approximate surface area is 268 Å². The zero-order valence-electron chi connectivity index (χ0n) is 25.7. The highest BCUT2D eigenvalue weighted by molar-refractivity contribution is 6.31. The number of fused-ring (bicyclic) bond motifs is 1. The molecule has 3 aromatic rings. The first-order valence-corrected chi connectivity index (χ1v) is 16.5. The second-order valence-electron chi connectivity index (χ2n) is 14.4. The van der Waals surface area contributed by atoms with Crippen molar-refractivity contribution < 1.29 is 19.5 Å². The van der Waals surface area contributed by atoms with Crippen LogP contribution in [-0.2, 0) is 27.3 Å². The molecule has 5 aliphatic rings. The van der Waals surface area contributed by atoms with Crippen molar-refractivity contribution in [1.82, 2.24) is 20.1 Å². The summed E-state index contributed by atoms with van der Waals surface area (Å²) < 4.78 is 0. The average molecular weight is 632 g/mol. The van der Waals surface area contributed by atoms with Crippen molar-refractivity contribution in [3.05, 3.63) is 70.9 Å². The van der Waals surface area contributed by atoms with Crippen LogP contribution in [0.5, 0.6) is 0 Å². The van der Waals surface area contributed by atoms with Crippen LogP contribution in [0.1, 0.15) is 56.1 Å². The molecule has 4 aliphatic carbocycles. The van der Waals surface area contributed by atoms with Crippen molar-refractivity contribution in [3.8, 4) is 0 Å². The number of amides is 3. The molecule has 1 aliphatic heterocycles. The molecule has 1 saturated heterocycles. The number of halogens is 1. The van der Waals surface area contributed by atoms with Gasteiger partial charge in [0.2, 0.25) is 17.7 Å². The Morgan fingerprint density at radius 3 is 2.51 bits per heavy atom. The SMILES string of the molecule is CN(Cc1ccccc1Cl)C(=O)C(Cc1c[nH]c2ccccc12)NC(=O)C1C[C@@H](O)CN1C(=O)C12CC3CC(CC(N)(C3)C1)C2. The minimum atomic E-state index is -0.897. The number of aliphatic hydroxyl groups is 1. The van der Waals surface area contributed by atoms with Crippen molar-refractivity contribution in [2.75, 3.05) is 13.6 Å². The van der Waals surface area contributed by atoms with Gasteiger partial charge in [-0.1, -0.05) is 48.0 Å². The number of hydrogen-bond acceptors (Lipinski definition) is 5. The van der Waals surface area contributed by atoms with Crippen LogP contribution in [-0.4, -0.2) is 74.9 Å². The standard InChI is InChI=1S/C35H42ClN5O4/c1-40(18-23-6-2-4-8-27(23)36)32(44)29(11-24-17-38-28-9-5-3-7-26(24)28)39-31(43)30-12-25(42)19-41(30)33(45)34-13-21-10-22(14-34)16-35(37,15-21)20-34/h2-9,17,21-22,25,29-30,38,42H,10-16,18-20,37H2,1H3,(H,39,43)/t21?,22?,25-,29?,30?,34?,35?/m1/s1. The number of rotatable bonds is 8. The number of nitrogens with zero attached hydrogens (tertiary/aromatic N) is 2. The molecule has 10 heteroatoms. The number of H-pyrrole nitrogens is 1. The third kappa shape index (κ3) is 5.64. The highest BCUT2D eigenvalue weighted by atomic mass is 35.5. The predicted octanol–water partition coefficient (Wildman–Crippen LogP) is 3.77. The van der Waals surface area contributed by atoms with Gasteiger partial charge in [-0.2, -0.15) is 0 Å². The highest BCUT2D eigenvalue weighted by Crippen LogP contribution is 2.61. The molecule has 4 bridgehead atoms. The summed E-state index contributed by atoms with van der Waals surface area (Å²) in [6.45, 7) is 0.385. The summed E-state index contributed by atoms with van der Waals surface area (Å²) >= 11 is 6.40. The summed E-state index contributed by atoms with van der Waals surface area (Å²) in [5, 5.41) is 15.3. The van der Waals surface area contributed by atoms with Gasteiger partial charge in [-0.05, 0) is 73.6 Å². The Hall–Kier alpha value is -3.40. The van der Waals surface area contributed by atoms with Gasteiger partial charge in [-0.15, -0.1) is 0 Å². The zero-order chi connectivity index (χ0) is 31.5. The molecule has 1 aromatic heterocycles. The quantitative estimate of drug-likeness (QED) is 0.301. The molecular weight excluding hydrogens is 590 g/mol. The van der Waals surface area contributed by atoms with Crippen molar-refractivity contribution >= 4 is 40.2 Å². The predicted molar refractivity (Wildman–Crippen MR) is 172 cm³/mol. The molecule has 0 radical (unpaired) electrons.